The fourth-order valence-electron chi connectivity index (χ4n) is 0.612. The van der Waals surface area contributed by atoms with Crippen molar-refractivity contribution in [2.75, 3.05) is 0 Å². The van der Waals surface area contributed by atoms with E-state index in [2.05, 4.69) is 6.58 Å². The van der Waals surface area contributed by atoms with Gasteiger partial charge in [0.05, 0.1) is 0 Å². The summed E-state index contributed by atoms with van der Waals surface area (Å²) in [6, 6.07) is 0. The molecule has 0 N–H and O–H groups in total. The second-order valence-electron chi connectivity index (χ2n) is 3.41. The molecular formula is C8H15BO2. The Morgan fingerprint density at radius 2 is 2.18 bits per heavy atom. The second-order valence-corrected chi connectivity index (χ2v) is 3.41. The third kappa shape index (κ3) is 7.17. The highest BCUT2D eigenvalue weighted by atomic mass is 16.5. The maximum atomic E-state index is 10.9. The molecule has 2 nitrogen and oxygen atoms in total. The number of hydrogen-bond acceptors (Lipinski definition) is 2. The smallest absolute Gasteiger partial charge is 0.264 e. The SMILES string of the molecule is C=CCBC(=O)OC(C)(C)C. The van der Waals surface area contributed by atoms with Crippen LogP contribution in [-0.4, -0.2) is 18.7 Å². The molecule has 0 heterocycles. The van der Waals surface area contributed by atoms with Gasteiger partial charge in [0.1, 0.15) is 5.60 Å². The highest BCUT2D eigenvalue weighted by Gasteiger charge is 2.15. The molecule has 0 aromatic rings. The monoisotopic (exact) mass is 154 g/mol. The predicted molar refractivity (Wildman–Crippen MR) is 48.4 cm³/mol. The highest BCUT2D eigenvalue weighted by molar-refractivity contribution is 6.72. The molecule has 0 saturated carbocycles. The van der Waals surface area contributed by atoms with Crippen LogP contribution in [0.4, 0.5) is 4.79 Å². The largest absolute Gasteiger partial charge is 0.468 e. The molecular weight excluding hydrogens is 139 g/mol. The van der Waals surface area contributed by atoms with Gasteiger partial charge in [0.15, 0.2) is 0 Å². The third-order valence-corrected chi connectivity index (χ3v) is 0.973. The Hall–Kier alpha value is -0.725. The molecule has 0 unspecified atom stereocenters. The lowest BCUT2D eigenvalue weighted by Crippen LogP contribution is -2.25. The first kappa shape index (κ1) is 10.3. The van der Waals surface area contributed by atoms with E-state index in [0.717, 1.165) is 0 Å². The normalized spacial score (nSPS) is 10.5. The summed E-state index contributed by atoms with van der Waals surface area (Å²) >= 11 is 0. The Morgan fingerprint density at radius 3 is 2.55 bits per heavy atom. The first-order valence-electron chi connectivity index (χ1n) is 3.78. The van der Waals surface area contributed by atoms with Crippen LogP contribution in [0.3, 0.4) is 0 Å². The first-order valence-corrected chi connectivity index (χ1v) is 3.78. The average Bonchev–Trinajstić information content (AvgIpc) is 1.79. The van der Waals surface area contributed by atoms with E-state index in [1.54, 1.807) is 6.08 Å². The molecule has 0 atom stereocenters. The number of rotatable bonds is 3. The molecule has 3 heteroatoms. The van der Waals surface area contributed by atoms with Crippen molar-refractivity contribution in [2.24, 2.45) is 0 Å². The molecule has 0 aliphatic rings. The van der Waals surface area contributed by atoms with Crippen LogP contribution in [0, 0.1) is 0 Å². The molecule has 0 fully saturated rings. The van der Waals surface area contributed by atoms with Crippen LogP contribution < -0.4 is 0 Å². The van der Waals surface area contributed by atoms with Crippen molar-refractivity contribution < 1.29 is 9.53 Å². The second kappa shape index (κ2) is 4.22. The molecule has 0 spiro atoms. The van der Waals surface area contributed by atoms with Gasteiger partial charge in [0, 0.05) is 0 Å². The van der Waals surface area contributed by atoms with E-state index in [-0.39, 0.29) is 11.5 Å². The maximum absolute atomic E-state index is 10.9. The van der Waals surface area contributed by atoms with Crippen molar-refractivity contribution in [3.05, 3.63) is 12.7 Å². The van der Waals surface area contributed by atoms with E-state index >= 15 is 0 Å². The van der Waals surface area contributed by atoms with Gasteiger partial charge in [-0.3, -0.25) is 4.79 Å². The topological polar surface area (TPSA) is 26.3 Å². The van der Waals surface area contributed by atoms with Crippen LogP contribution >= 0.6 is 0 Å². The van der Waals surface area contributed by atoms with Crippen LogP contribution in [-0.2, 0) is 4.74 Å². The first-order chi connectivity index (χ1) is 4.95. The fraction of sp³-hybridized carbons (Fsp3) is 0.625. The zero-order valence-corrected chi connectivity index (χ0v) is 7.52. The van der Waals surface area contributed by atoms with E-state index < -0.39 is 0 Å². The Balaban J connectivity index is 3.61. The minimum Gasteiger partial charge on any atom is -0.468 e. The average molecular weight is 154 g/mol. The predicted octanol–water partition coefficient (Wildman–Crippen LogP) is 1.96. The summed E-state index contributed by atoms with van der Waals surface area (Å²) in [5, 5.41) is 0. The molecule has 0 radical (unpaired) electrons. The van der Waals surface area contributed by atoms with Gasteiger partial charge in [0.25, 0.3) is 7.28 Å². The number of allylic oxidation sites excluding steroid dienone is 1. The summed E-state index contributed by atoms with van der Waals surface area (Å²) in [6.07, 6.45) is 2.40. The van der Waals surface area contributed by atoms with Gasteiger partial charge in [-0.15, -0.1) is 6.58 Å². The summed E-state index contributed by atoms with van der Waals surface area (Å²) in [7, 11) is 0.431. The van der Waals surface area contributed by atoms with Crippen molar-refractivity contribution in [3.8, 4) is 0 Å². The van der Waals surface area contributed by atoms with Crippen molar-refractivity contribution in [3.63, 3.8) is 0 Å². The van der Waals surface area contributed by atoms with Crippen LogP contribution in [0.15, 0.2) is 12.7 Å². The molecule has 0 saturated heterocycles. The van der Waals surface area contributed by atoms with E-state index in [1.165, 1.54) is 0 Å². The molecule has 62 valence electrons. The summed E-state index contributed by atoms with van der Waals surface area (Å²) < 4.78 is 5.05. The van der Waals surface area contributed by atoms with Crippen LogP contribution in [0.5, 0.6) is 0 Å². The molecule has 0 bridgehead atoms. The van der Waals surface area contributed by atoms with Gasteiger partial charge in [-0.1, -0.05) is 6.08 Å². The van der Waals surface area contributed by atoms with Crippen molar-refractivity contribution >= 4 is 13.1 Å². The van der Waals surface area contributed by atoms with Gasteiger partial charge in [-0.25, -0.2) is 0 Å². The van der Waals surface area contributed by atoms with Gasteiger partial charge in [-0.2, -0.15) is 0 Å². The Morgan fingerprint density at radius 1 is 1.64 bits per heavy atom. The van der Waals surface area contributed by atoms with E-state index in [4.69, 9.17) is 4.74 Å². The zero-order valence-electron chi connectivity index (χ0n) is 7.52. The lowest BCUT2D eigenvalue weighted by atomic mass is 9.75. The summed E-state index contributed by atoms with van der Waals surface area (Å²) in [6.45, 7) is 9.10. The minimum atomic E-state index is -0.363. The standard InChI is InChI=1S/C8H15BO2/c1-5-6-9-7(10)11-8(2,3)4/h5,9H,1,6H2,2-4H3. The van der Waals surface area contributed by atoms with E-state index in [1.807, 2.05) is 20.8 Å². The lowest BCUT2D eigenvalue weighted by molar-refractivity contribution is 0.0717. The van der Waals surface area contributed by atoms with Gasteiger partial charge in [0.2, 0.25) is 5.87 Å². The van der Waals surface area contributed by atoms with Crippen molar-refractivity contribution in [1.29, 1.82) is 0 Å². The molecule has 0 aliphatic heterocycles. The van der Waals surface area contributed by atoms with Crippen molar-refractivity contribution in [2.45, 2.75) is 32.7 Å². The minimum absolute atomic E-state index is 0.155. The highest BCUT2D eigenvalue weighted by Crippen LogP contribution is 2.07. The van der Waals surface area contributed by atoms with E-state index in [0.29, 0.717) is 13.6 Å². The van der Waals surface area contributed by atoms with Crippen LogP contribution in [0.2, 0.25) is 6.32 Å². The third-order valence-electron chi connectivity index (χ3n) is 0.973. The molecule has 11 heavy (non-hydrogen) atoms. The van der Waals surface area contributed by atoms with Crippen LogP contribution in [0.25, 0.3) is 0 Å². The number of carbonyl (C=O) groups excluding carboxylic acids is 1. The lowest BCUT2D eigenvalue weighted by Gasteiger charge is -2.19. The zero-order chi connectivity index (χ0) is 8.91. The van der Waals surface area contributed by atoms with Gasteiger partial charge < -0.3 is 4.74 Å². The molecule has 0 aromatic heterocycles. The Bertz CT molecular complexity index is 147. The number of ether oxygens (including phenoxy) is 1. The molecule has 0 amide bonds. The Labute approximate surface area is 68.9 Å². The molecule has 0 aliphatic carbocycles. The summed E-state index contributed by atoms with van der Waals surface area (Å²) in [4.78, 5) is 10.9. The van der Waals surface area contributed by atoms with Gasteiger partial charge in [-0.05, 0) is 27.1 Å². The number of carbonyl (C=O) groups is 1. The number of hydrogen-bond donors (Lipinski definition) is 0. The van der Waals surface area contributed by atoms with E-state index in [9.17, 15) is 4.79 Å². The maximum Gasteiger partial charge on any atom is 0.264 e. The summed E-state index contributed by atoms with van der Waals surface area (Å²) in [5.74, 6) is -0.155. The fourth-order valence-corrected chi connectivity index (χ4v) is 0.612. The molecule has 0 rings (SSSR count). The quantitative estimate of drug-likeness (QED) is 0.458. The summed E-state index contributed by atoms with van der Waals surface area (Å²) in [5.41, 5.74) is -0.363. The van der Waals surface area contributed by atoms with Crippen LogP contribution in [0.1, 0.15) is 20.8 Å². The van der Waals surface area contributed by atoms with Crippen molar-refractivity contribution in [1.82, 2.24) is 0 Å². The Kier molecular flexibility index (Phi) is 3.94. The molecule has 0 aromatic carbocycles. The van der Waals surface area contributed by atoms with Gasteiger partial charge >= 0.3 is 0 Å².